The first-order valence-electron chi connectivity index (χ1n) is 9.08. The molecule has 2 amide bonds. The number of benzene rings is 1. The van der Waals surface area contributed by atoms with E-state index in [-0.39, 0.29) is 18.4 Å². The third kappa shape index (κ3) is 6.70. The first-order valence-corrected chi connectivity index (χ1v) is 9.08. The molecule has 2 unspecified atom stereocenters. The zero-order valence-electron chi connectivity index (χ0n) is 14.8. The number of aliphatic hydroxyl groups excluding tert-OH is 1. The van der Waals surface area contributed by atoms with Gasteiger partial charge in [0.25, 0.3) is 0 Å². The zero-order chi connectivity index (χ0) is 18.1. The quantitative estimate of drug-likeness (QED) is 0.632. The summed E-state index contributed by atoms with van der Waals surface area (Å²) in [5.41, 5.74) is 2.11. The smallest absolute Gasteiger partial charge is 0.249 e. The van der Waals surface area contributed by atoms with Crippen molar-refractivity contribution >= 4 is 11.8 Å². The van der Waals surface area contributed by atoms with Gasteiger partial charge in [-0.15, -0.1) is 0 Å². The van der Waals surface area contributed by atoms with Crippen LogP contribution in [0.15, 0.2) is 42.0 Å². The predicted octanol–water partition coefficient (Wildman–Crippen LogP) is 2.10. The van der Waals surface area contributed by atoms with E-state index < -0.39 is 12.0 Å². The molecule has 0 bridgehead atoms. The lowest BCUT2D eigenvalue weighted by Gasteiger charge is -2.18. The van der Waals surface area contributed by atoms with Crippen LogP contribution >= 0.6 is 0 Å². The second kappa shape index (κ2) is 9.99. The lowest BCUT2D eigenvalue weighted by atomic mass is 10.1. The van der Waals surface area contributed by atoms with Crippen molar-refractivity contribution in [2.75, 3.05) is 6.54 Å². The number of aliphatic hydroxyl groups is 1. The summed E-state index contributed by atoms with van der Waals surface area (Å²) in [5, 5.41) is 15.7. The summed E-state index contributed by atoms with van der Waals surface area (Å²) in [4.78, 5) is 24.1. The highest BCUT2D eigenvalue weighted by atomic mass is 16.3. The Morgan fingerprint density at radius 2 is 1.88 bits per heavy atom. The maximum absolute atomic E-state index is 12.0. The van der Waals surface area contributed by atoms with E-state index >= 15 is 0 Å². The molecule has 1 aliphatic carbocycles. The Morgan fingerprint density at radius 1 is 1.20 bits per heavy atom. The van der Waals surface area contributed by atoms with Gasteiger partial charge in [0, 0.05) is 25.1 Å². The zero-order valence-corrected chi connectivity index (χ0v) is 14.8. The average Bonchev–Trinajstić information content (AvgIpc) is 3.11. The minimum absolute atomic E-state index is 0.0946. The van der Waals surface area contributed by atoms with Gasteiger partial charge in [-0.1, -0.05) is 42.8 Å². The van der Waals surface area contributed by atoms with Crippen molar-refractivity contribution in [3.05, 3.63) is 47.5 Å². The molecule has 1 aromatic rings. The van der Waals surface area contributed by atoms with Crippen LogP contribution in [0.1, 0.15) is 44.6 Å². The monoisotopic (exact) mass is 344 g/mol. The Kier molecular flexibility index (Phi) is 7.67. The number of allylic oxidation sites excluding steroid dienone is 1. The summed E-state index contributed by atoms with van der Waals surface area (Å²) in [6.45, 7) is 2.27. The first kappa shape index (κ1) is 19.2. The van der Waals surface area contributed by atoms with E-state index in [9.17, 15) is 14.7 Å². The third-order valence-corrected chi connectivity index (χ3v) is 4.52. The Bertz CT molecular complexity index is 590. The highest BCUT2D eigenvalue weighted by molar-refractivity contribution is 5.88. The van der Waals surface area contributed by atoms with Gasteiger partial charge in [-0.3, -0.25) is 9.59 Å². The molecule has 136 valence electrons. The molecule has 1 aliphatic rings. The van der Waals surface area contributed by atoms with Crippen molar-refractivity contribution in [2.45, 2.75) is 57.6 Å². The van der Waals surface area contributed by atoms with Crippen LogP contribution in [-0.2, 0) is 16.0 Å². The van der Waals surface area contributed by atoms with Gasteiger partial charge in [0.2, 0.25) is 11.8 Å². The van der Waals surface area contributed by atoms with Crippen molar-refractivity contribution in [3.8, 4) is 0 Å². The number of carbonyl (C=O) groups is 2. The molecule has 0 radical (unpaired) electrons. The number of rotatable bonds is 8. The molecule has 2 rings (SSSR count). The fourth-order valence-electron chi connectivity index (χ4n) is 2.97. The van der Waals surface area contributed by atoms with Crippen LogP contribution in [-0.4, -0.2) is 35.6 Å². The van der Waals surface area contributed by atoms with Crippen LogP contribution in [0.25, 0.3) is 0 Å². The largest absolute Gasteiger partial charge is 0.383 e. The maximum Gasteiger partial charge on any atom is 0.249 e. The summed E-state index contributed by atoms with van der Waals surface area (Å²) < 4.78 is 0. The van der Waals surface area contributed by atoms with Crippen LogP contribution < -0.4 is 10.6 Å². The maximum atomic E-state index is 12.0. The Balaban J connectivity index is 1.76. The Labute approximate surface area is 149 Å². The van der Waals surface area contributed by atoms with E-state index in [1.54, 1.807) is 6.08 Å². The summed E-state index contributed by atoms with van der Waals surface area (Å²) >= 11 is 0. The minimum Gasteiger partial charge on any atom is -0.383 e. The van der Waals surface area contributed by atoms with Gasteiger partial charge in [0.05, 0.1) is 0 Å². The molecular formula is C20H28N2O3. The molecule has 0 aromatic heterocycles. The van der Waals surface area contributed by atoms with Crippen molar-refractivity contribution in [2.24, 2.45) is 0 Å². The van der Waals surface area contributed by atoms with E-state index in [0.717, 1.165) is 31.2 Å². The summed E-state index contributed by atoms with van der Waals surface area (Å²) in [5.74, 6) is -0.506. The number of hydrogen-bond donors (Lipinski definition) is 3. The topological polar surface area (TPSA) is 78.4 Å². The Hall–Kier alpha value is -2.14. The van der Waals surface area contributed by atoms with E-state index in [1.165, 1.54) is 5.57 Å². The van der Waals surface area contributed by atoms with Crippen molar-refractivity contribution < 1.29 is 14.7 Å². The number of hydrogen-bond acceptors (Lipinski definition) is 3. The molecule has 25 heavy (non-hydrogen) atoms. The molecule has 1 aromatic carbocycles. The lowest BCUT2D eigenvalue weighted by Crippen LogP contribution is -2.45. The van der Waals surface area contributed by atoms with E-state index in [0.29, 0.717) is 13.0 Å². The summed E-state index contributed by atoms with van der Waals surface area (Å²) in [7, 11) is 0. The van der Waals surface area contributed by atoms with Gasteiger partial charge in [0.15, 0.2) is 0 Å². The number of nitrogens with one attached hydrogen (secondary N) is 2. The first-order chi connectivity index (χ1) is 12.1. The van der Waals surface area contributed by atoms with Crippen molar-refractivity contribution in [3.63, 3.8) is 0 Å². The van der Waals surface area contributed by atoms with Crippen LogP contribution in [0.2, 0.25) is 0 Å². The molecule has 2 atom stereocenters. The summed E-state index contributed by atoms with van der Waals surface area (Å²) in [6, 6.07) is 9.26. The second-order valence-electron chi connectivity index (χ2n) is 6.57. The van der Waals surface area contributed by atoms with E-state index in [1.807, 2.05) is 37.3 Å². The highest BCUT2D eigenvalue weighted by Crippen LogP contribution is 2.23. The summed E-state index contributed by atoms with van der Waals surface area (Å²) in [6.07, 6.45) is 5.93. The molecule has 1 fully saturated rings. The molecule has 5 heteroatoms. The molecule has 0 aliphatic heterocycles. The van der Waals surface area contributed by atoms with Gasteiger partial charge in [-0.05, 0) is 37.7 Å². The molecule has 0 heterocycles. The second-order valence-corrected chi connectivity index (χ2v) is 6.57. The number of amides is 2. The van der Waals surface area contributed by atoms with Gasteiger partial charge in [-0.2, -0.15) is 0 Å². The average molecular weight is 344 g/mol. The molecule has 1 saturated carbocycles. The van der Waals surface area contributed by atoms with Crippen molar-refractivity contribution in [1.29, 1.82) is 0 Å². The fourth-order valence-corrected chi connectivity index (χ4v) is 2.97. The molecule has 5 nitrogen and oxygen atoms in total. The van der Waals surface area contributed by atoms with Crippen LogP contribution in [0.5, 0.6) is 0 Å². The minimum atomic E-state index is -1.09. The normalized spacial score (nSPS) is 16.2. The standard InChI is InChI=1S/C20H28N2O3/c1-2-17(22-19(24)13-16-10-6-7-11-16)14-21-20(25)18(23)12-15-8-4-3-5-9-15/h3-5,8-9,13,17-18,23H,2,6-7,10-12,14H2,1H3,(H,21,25)(H,22,24). The van der Waals surface area contributed by atoms with Crippen molar-refractivity contribution in [1.82, 2.24) is 10.6 Å². The fraction of sp³-hybridized carbons (Fsp3) is 0.500. The SMILES string of the molecule is CCC(CNC(=O)C(O)Cc1ccccc1)NC(=O)C=C1CCCC1. The Morgan fingerprint density at radius 3 is 2.52 bits per heavy atom. The highest BCUT2D eigenvalue weighted by Gasteiger charge is 2.18. The molecule has 3 N–H and O–H groups in total. The number of carbonyl (C=O) groups excluding carboxylic acids is 2. The van der Waals surface area contributed by atoms with Gasteiger partial charge in [0.1, 0.15) is 6.10 Å². The van der Waals surface area contributed by atoms with E-state index in [2.05, 4.69) is 10.6 Å². The van der Waals surface area contributed by atoms with Crippen LogP contribution in [0, 0.1) is 0 Å². The lowest BCUT2D eigenvalue weighted by molar-refractivity contribution is -0.129. The molecule has 0 spiro atoms. The van der Waals surface area contributed by atoms with E-state index in [4.69, 9.17) is 0 Å². The van der Waals surface area contributed by atoms with Crippen LogP contribution in [0.3, 0.4) is 0 Å². The van der Waals surface area contributed by atoms with Gasteiger partial charge in [-0.25, -0.2) is 0 Å². The van der Waals surface area contributed by atoms with Gasteiger partial charge < -0.3 is 15.7 Å². The third-order valence-electron chi connectivity index (χ3n) is 4.52. The van der Waals surface area contributed by atoms with Crippen LogP contribution in [0.4, 0.5) is 0 Å². The molecular weight excluding hydrogens is 316 g/mol. The predicted molar refractivity (Wildman–Crippen MR) is 97.9 cm³/mol. The molecule has 0 saturated heterocycles. The van der Waals surface area contributed by atoms with Gasteiger partial charge >= 0.3 is 0 Å².